The summed E-state index contributed by atoms with van der Waals surface area (Å²) in [7, 11) is 6.61. The van der Waals surface area contributed by atoms with E-state index in [1.165, 1.54) is 0 Å². The number of hydrogen-bond donors (Lipinski definition) is 0. The van der Waals surface area contributed by atoms with Crippen molar-refractivity contribution in [1.82, 2.24) is 0 Å². The van der Waals surface area contributed by atoms with E-state index in [0.717, 1.165) is 0 Å². The third-order valence-corrected chi connectivity index (χ3v) is 0.983. The fourth-order valence-electron chi connectivity index (χ4n) is 0.333. The van der Waals surface area contributed by atoms with Crippen LogP contribution < -0.4 is 0 Å². The van der Waals surface area contributed by atoms with E-state index in [0.29, 0.717) is 26.4 Å². The van der Waals surface area contributed by atoms with Crippen LogP contribution in [0.2, 0.25) is 0 Å². The fourth-order valence-corrected chi connectivity index (χ4v) is 0.333. The molecule has 0 rings (SSSR count). The number of hydrogen-bond acceptors (Lipinski definition) is 13. The minimum atomic E-state index is -1.75. The van der Waals surface area contributed by atoms with Crippen LogP contribution in [-0.4, -0.2) is 70.1 Å². The zero-order valence-corrected chi connectivity index (χ0v) is 17.2. The van der Waals surface area contributed by atoms with E-state index in [9.17, 15) is 0 Å². The van der Waals surface area contributed by atoms with Crippen LogP contribution in [-0.2, 0) is 18.9 Å². The summed E-state index contributed by atoms with van der Waals surface area (Å²) < 4.78 is 18.6. The minimum Gasteiger partial charge on any atom is -0.382 e. The molecule has 25 heavy (non-hydrogen) atoms. The molecule has 0 atom stereocenters. The molecular formula is C8H20N3NdO13. The molecule has 0 aliphatic rings. The molecule has 16 nitrogen and oxygen atoms in total. The monoisotopic (exact) mass is 508 g/mol. The van der Waals surface area contributed by atoms with Crippen molar-refractivity contribution in [2.24, 2.45) is 0 Å². The quantitative estimate of drug-likeness (QED) is 0.257. The summed E-state index contributed by atoms with van der Waals surface area (Å²) in [5, 5.41) is 44.2. The van der Waals surface area contributed by atoms with Crippen molar-refractivity contribution in [2.75, 3.05) is 54.9 Å². The molecule has 0 unspecified atom stereocenters. The molecule has 1 radical (unpaired) electrons. The van der Waals surface area contributed by atoms with Crippen LogP contribution in [0, 0.1) is 86.8 Å². The van der Waals surface area contributed by atoms with Crippen LogP contribution in [0.1, 0.15) is 0 Å². The van der Waals surface area contributed by atoms with E-state index >= 15 is 0 Å². The first-order valence-corrected chi connectivity index (χ1v) is 5.43. The van der Waals surface area contributed by atoms with Crippen LogP contribution >= 0.6 is 0 Å². The van der Waals surface area contributed by atoms with Crippen molar-refractivity contribution in [3.63, 3.8) is 0 Å². The molecule has 17 heteroatoms. The molecule has 0 fully saturated rings. The van der Waals surface area contributed by atoms with Gasteiger partial charge in [-0.3, -0.25) is 0 Å². The standard InChI is InChI=1S/2C4H10O2.3NO3.Nd/c2*1-5-3-4-6-2;3*2-1(3)4;/h2*3-4H2,1-2H3;;;;/q;;3*-1;+3. The second-order valence-corrected chi connectivity index (χ2v) is 2.64. The summed E-state index contributed by atoms with van der Waals surface area (Å²) >= 11 is 0. The van der Waals surface area contributed by atoms with Gasteiger partial charge in [-0.1, -0.05) is 0 Å². The van der Waals surface area contributed by atoms with E-state index in [4.69, 9.17) is 46.0 Å². The number of methoxy groups -OCH3 is 4. The van der Waals surface area contributed by atoms with Gasteiger partial charge in [0.05, 0.1) is 41.7 Å². The minimum absolute atomic E-state index is 0. The maximum atomic E-state index is 8.25. The molecule has 0 aliphatic heterocycles. The Hall–Kier alpha value is -1.21. The molecule has 0 bridgehead atoms. The van der Waals surface area contributed by atoms with Crippen molar-refractivity contribution >= 4 is 0 Å². The summed E-state index contributed by atoms with van der Waals surface area (Å²) in [4.78, 5) is 24.8. The summed E-state index contributed by atoms with van der Waals surface area (Å²) in [6, 6.07) is 0. The maximum Gasteiger partial charge on any atom is 3.00 e. The molecule has 0 N–H and O–H groups in total. The second-order valence-electron chi connectivity index (χ2n) is 2.64. The number of rotatable bonds is 6. The van der Waals surface area contributed by atoms with Crippen LogP contribution in [0.4, 0.5) is 0 Å². The van der Waals surface area contributed by atoms with Crippen LogP contribution in [0.15, 0.2) is 0 Å². The van der Waals surface area contributed by atoms with Gasteiger partial charge in [-0.15, -0.1) is 0 Å². The van der Waals surface area contributed by atoms with Gasteiger partial charge in [-0.2, -0.15) is 0 Å². The Morgan fingerprint density at radius 1 is 0.520 bits per heavy atom. The molecule has 0 amide bonds. The summed E-state index contributed by atoms with van der Waals surface area (Å²) in [6.45, 7) is 2.76. The average Bonchev–Trinajstić information content (AvgIpc) is 2.41. The molecule has 149 valence electrons. The Morgan fingerprint density at radius 3 is 0.640 bits per heavy atom. The topological polar surface area (TPSA) is 236 Å². The van der Waals surface area contributed by atoms with E-state index in [2.05, 4.69) is 18.9 Å². The third kappa shape index (κ3) is 429. The van der Waals surface area contributed by atoms with Crippen molar-refractivity contribution in [3.05, 3.63) is 46.0 Å². The van der Waals surface area contributed by atoms with Gasteiger partial charge in [0.25, 0.3) is 0 Å². The Labute approximate surface area is 175 Å². The predicted octanol–water partition coefficient (Wildman–Crippen LogP) is -0.159. The SMILES string of the molecule is COCCOC.COCCOC.O=[N+]([O-])[O-].O=[N+]([O-])[O-].O=[N+]([O-])[O-].[Nd+3]. The molecular weight excluding hydrogens is 490 g/mol. The predicted molar refractivity (Wildman–Crippen MR) is 78.6 cm³/mol. The third-order valence-electron chi connectivity index (χ3n) is 0.983. The number of ether oxygens (including phenoxy) is 4. The molecule has 0 aromatic heterocycles. The first-order chi connectivity index (χ1) is 11.0. The average molecular weight is 510 g/mol. The van der Waals surface area contributed by atoms with Gasteiger partial charge in [0.2, 0.25) is 0 Å². The van der Waals surface area contributed by atoms with E-state index < -0.39 is 15.3 Å². The molecule has 0 aromatic rings. The summed E-state index contributed by atoms with van der Waals surface area (Å²) in [5.74, 6) is 0. The van der Waals surface area contributed by atoms with E-state index in [-0.39, 0.29) is 40.8 Å². The summed E-state index contributed by atoms with van der Waals surface area (Å²) in [6.07, 6.45) is 0. The van der Waals surface area contributed by atoms with Gasteiger partial charge >= 0.3 is 40.8 Å². The first-order valence-electron chi connectivity index (χ1n) is 5.43. The zero-order valence-electron chi connectivity index (χ0n) is 14.0. The molecule has 0 saturated carbocycles. The second kappa shape index (κ2) is 43.4. The van der Waals surface area contributed by atoms with Gasteiger partial charge in [0, 0.05) is 28.4 Å². The van der Waals surface area contributed by atoms with Gasteiger partial charge < -0.3 is 64.9 Å². The zero-order chi connectivity index (χ0) is 20.4. The van der Waals surface area contributed by atoms with Gasteiger partial charge in [-0.25, -0.2) is 0 Å². The van der Waals surface area contributed by atoms with Gasteiger partial charge in [0.15, 0.2) is 0 Å². The van der Waals surface area contributed by atoms with Crippen LogP contribution in [0.3, 0.4) is 0 Å². The van der Waals surface area contributed by atoms with Crippen molar-refractivity contribution in [3.8, 4) is 0 Å². The molecule has 0 aromatic carbocycles. The van der Waals surface area contributed by atoms with Crippen molar-refractivity contribution < 1.29 is 75.0 Å². The molecule has 0 spiro atoms. The van der Waals surface area contributed by atoms with Crippen LogP contribution in [0.25, 0.3) is 0 Å². The van der Waals surface area contributed by atoms with Crippen LogP contribution in [0.5, 0.6) is 0 Å². The normalized spacial score (nSPS) is 7.20. The Kier molecular flexibility index (Phi) is 67.8. The van der Waals surface area contributed by atoms with Crippen molar-refractivity contribution in [1.29, 1.82) is 0 Å². The number of nitrogens with zero attached hydrogens (tertiary/aromatic N) is 3. The molecule has 0 heterocycles. The van der Waals surface area contributed by atoms with Gasteiger partial charge in [0.1, 0.15) is 0 Å². The Balaban J connectivity index is -0.0000000454. The van der Waals surface area contributed by atoms with Crippen molar-refractivity contribution in [2.45, 2.75) is 0 Å². The summed E-state index contributed by atoms with van der Waals surface area (Å²) in [5.41, 5.74) is 0. The smallest absolute Gasteiger partial charge is 0.382 e. The van der Waals surface area contributed by atoms with E-state index in [1.54, 1.807) is 28.4 Å². The Bertz CT molecular complexity index is 215. The maximum absolute atomic E-state index is 8.25. The van der Waals surface area contributed by atoms with E-state index in [1.807, 2.05) is 0 Å². The molecule has 0 saturated heterocycles. The molecule has 0 aliphatic carbocycles. The fraction of sp³-hybridized carbons (Fsp3) is 1.00. The van der Waals surface area contributed by atoms with Gasteiger partial charge in [-0.05, 0) is 0 Å². The largest absolute Gasteiger partial charge is 3.00 e. The first kappa shape index (κ1) is 39.0. The Morgan fingerprint density at radius 2 is 0.600 bits per heavy atom.